The Morgan fingerprint density at radius 1 is 1.11 bits per heavy atom. The summed E-state index contributed by atoms with van der Waals surface area (Å²) in [5.41, 5.74) is 1.49. The molecule has 1 N–H and O–H groups in total. The molecule has 1 aromatic rings. The van der Waals surface area contributed by atoms with Gasteiger partial charge in [0.1, 0.15) is 11.9 Å². The second kappa shape index (κ2) is 6.73. The summed E-state index contributed by atoms with van der Waals surface area (Å²) >= 11 is 0. The number of hydrogen-bond acceptors (Lipinski definition) is 3. The Balaban J connectivity index is 3.06. The minimum absolute atomic E-state index is 0.0333. The molecule has 0 radical (unpaired) electrons. The summed E-state index contributed by atoms with van der Waals surface area (Å²) in [4.78, 5) is 0. The largest absolute Gasteiger partial charge is 0.467 e. The molecule has 0 aliphatic carbocycles. The second-order valence-corrected chi connectivity index (χ2v) is 11.5. The summed E-state index contributed by atoms with van der Waals surface area (Å²) in [6.07, 6.45) is 1.29. The highest BCUT2D eigenvalue weighted by molar-refractivity contribution is 6.77. The van der Waals surface area contributed by atoms with E-state index in [-0.39, 0.29) is 12.7 Å². The lowest BCUT2D eigenvalue weighted by atomic mass is 10.3. The highest BCUT2D eigenvalue weighted by atomic mass is 28.4. The number of rotatable bonds is 7. The van der Waals surface area contributed by atoms with Gasteiger partial charge < -0.3 is 13.9 Å². The fourth-order valence-electron chi connectivity index (χ4n) is 3.31. The fourth-order valence-corrected chi connectivity index (χ4v) is 8.81. The van der Waals surface area contributed by atoms with Gasteiger partial charge in [-0.2, -0.15) is 0 Å². The number of aliphatic hydroxyl groups excluding tert-OH is 1. The van der Waals surface area contributed by atoms with Gasteiger partial charge in [-0.25, -0.2) is 0 Å². The monoisotopic (exact) mass is 284 g/mol. The van der Waals surface area contributed by atoms with Crippen LogP contribution in [0.15, 0.2) is 22.8 Å². The Labute approximate surface area is 118 Å². The molecule has 1 aromatic heterocycles. The van der Waals surface area contributed by atoms with E-state index in [1.807, 2.05) is 12.1 Å². The molecule has 0 spiro atoms. The smallest absolute Gasteiger partial charge is 0.201 e. The molecule has 0 aliphatic rings. The van der Waals surface area contributed by atoms with Gasteiger partial charge in [-0.1, -0.05) is 41.5 Å². The van der Waals surface area contributed by atoms with Crippen molar-refractivity contribution in [2.75, 3.05) is 6.61 Å². The van der Waals surface area contributed by atoms with Crippen molar-refractivity contribution in [2.24, 2.45) is 0 Å². The number of hydrogen-bond donors (Lipinski definition) is 1. The van der Waals surface area contributed by atoms with Crippen LogP contribution >= 0.6 is 0 Å². The quantitative estimate of drug-likeness (QED) is 0.749. The highest BCUT2D eigenvalue weighted by Crippen LogP contribution is 2.44. The Kier molecular flexibility index (Phi) is 5.83. The Bertz CT molecular complexity index is 336. The number of furan rings is 1. The molecule has 0 bridgehead atoms. The summed E-state index contributed by atoms with van der Waals surface area (Å²) in [5, 5.41) is 9.64. The van der Waals surface area contributed by atoms with Crippen LogP contribution in [-0.4, -0.2) is 20.0 Å². The second-order valence-electron chi connectivity index (χ2n) is 6.12. The van der Waals surface area contributed by atoms with E-state index in [2.05, 4.69) is 41.5 Å². The molecular formula is C15H28O3Si. The fraction of sp³-hybridized carbons (Fsp3) is 0.733. The molecule has 1 rings (SSSR count). The minimum atomic E-state index is -1.99. The van der Waals surface area contributed by atoms with Gasteiger partial charge in [-0.15, -0.1) is 0 Å². The zero-order valence-corrected chi connectivity index (χ0v) is 14.0. The van der Waals surface area contributed by atoms with E-state index in [0.717, 1.165) is 5.76 Å². The van der Waals surface area contributed by atoms with Crippen LogP contribution in [0.2, 0.25) is 16.6 Å². The van der Waals surface area contributed by atoms with Gasteiger partial charge in [0.05, 0.1) is 12.9 Å². The van der Waals surface area contributed by atoms with Crippen molar-refractivity contribution >= 4 is 8.32 Å². The third-order valence-electron chi connectivity index (χ3n) is 4.08. The molecule has 0 aliphatic heterocycles. The number of aliphatic hydroxyl groups is 1. The van der Waals surface area contributed by atoms with Crippen molar-refractivity contribution in [3.05, 3.63) is 24.2 Å². The molecule has 1 heterocycles. The van der Waals surface area contributed by atoms with Crippen LogP contribution in [0, 0.1) is 0 Å². The predicted molar refractivity (Wildman–Crippen MR) is 80.7 cm³/mol. The normalized spacial score (nSPS) is 14.6. The zero-order chi connectivity index (χ0) is 14.6. The van der Waals surface area contributed by atoms with Crippen LogP contribution in [0.25, 0.3) is 0 Å². The van der Waals surface area contributed by atoms with Crippen LogP contribution < -0.4 is 0 Å². The lowest BCUT2D eigenvalue weighted by Crippen LogP contribution is -2.49. The van der Waals surface area contributed by atoms with E-state index in [0.29, 0.717) is 16.6 Å². The Morgan fingerprint density at radius 2 is 1.63 bits per heavy atom. The predicted octanol–water partition coefficient (Wildman–Crippen LogP) is 4.51. The van der Waals surface area contributed by atoms with Gasteiger partial charge in [0.2, 0.25) is 8.32 Å². The molecule has 0 unspecified atom stereocenters. The van der Waals surface area contributed by atoms with Crippen LogP contribution in [0.4, 0.5) is 0 Å². The molecule has 0 amide bonds. The maximum atomic E-state index is 9.64. The first-order valence-electron chi connectivity index (χ1n) is 7.18. The van der Waals surface area contributed by atoms with Crippen molar-refractivity contribution in [2.45, 2.75) is 64.3 Å². The maximum absolute atomic E-state index is 9.64. The molecule has 1 atom stereocenters. The molecule has 110 valence electrons. The summed E-state index contributed by atoms with van der Waals surface area (Å²) in [6.45, 7) is 13.4. The van der Waals surface area contributed by atoms with Crippen molar-refractivity contribution in [3.8, 4) is 0 Å². The molecule has 0 saturated heterocycles. The van der Waals surface area contributed by atoms with Gasteiger partial charge >= 0.3 is 0 Å². The van der Waals surface area contributed by atoms with E-state index >= 15 is 0 Å². The Morgan fingerprint density at radius 3 is 1.95 bits per heavy atom. The molecule has 0 fully saturated rings. The van der Waals surface area contributed by atoms with Gasteiger partial charge in [0.15, 0.2) is 0 Å². The molecular weight excluding hydrogens is 256 g/mol. The first-order chi connectivity index (χ1) is 8.86. The van der Waals surface area contributed by atoms with E-state index in [4.69, 9.17) is 8.84 Å². The van der Waals surface area contributed by atoms with Crippen LogP contribution in [0.1, 0.15) is 53.4 Å². The molecule has 4 heteroatoms. The van der Waals surface area contributed by atoms with Gasteiger partial charge in [0, 0.05) is 0 Å². The molecule has 0 saturated carbocycles. The topological polar surface area (TPSA) is 42.6 Å². The lowest BCUT2D eigenvalue weighted by Gasteiger charge is -2.44. The third-order valence-corrected chi connectivity index (χ3v) is 10.2. The standard InChI is InChI=1S/C15H28O3Si/c1-11(2)19(12(3)4,13(5)6)18-15(10-16)14-8-7-9-17-14/h7-9,11-13,15-16H,10H2,1-6H3/t15-/m1/s1. The van der Waals surface area contributed by atoms with Crippen LogP contribution in [-0.2, 0) is 4.43 Å². The van der Waals surface area contributed by atoms with Gasteiger partial charge in [-0.3, -0.25) is 0 Å². The van der Waals surface area contributed by atoms with Crippen LogP contribution in [0.5, 0.6) is 0 Å². The zero-order valence-electron chi connectivity index (χ0n) is 13.0. The summed E-state index contributed by atoms with van der Waals surface area (Å²) in [5.74, 6) is 0.723. The summed E-state index contributed by atoms with van der Waals surface area (Å²) in [7, 11) is -1.99. The first kappa shape index (κ1) is 16.5. The van der Waals surface area contributed by atoms with E-state index in [9.17, 15) is 5.11 Å². The minimum Gasteiger partial charge on any atom is -0.467 e. The molecule has 3 nitrogen and oxygen atoms in total. The van der Waals surface area contributed by atoms with Crippen LogP contribution in [0.3, 0.4) is 0 Å². The summed E-state index contributed by atoms with van der Waals surface area (Å²) in [6, 6.07) is 3.71. The maximum Gasteiger partial charge on any atom is 0.201 e. The lowest BCUT2D eigenvalue weighted by molar-refractivity contribution is 0.0818. The Hall–Kier alpha value is -0.583. The average Bonchev–Trinajstić information content (AvgIpc) is 2.82. The molecule has 19 heavy (non-hydrogen) atoms. The van der Waals surface area contributed by atoms with E-state index in [1.165, 1.54) is 0 Å². The third kappa shape index (κ3) is 3.30. The first-order valence-corrected chi connectivity index (χ1v) is 9.32. The van der Waals surface area contributed by atoms with E-state index in [1.54, 1.807) is 6.26 Å². The molecule has 0 aromatic carbocycles. The average molecular weight is 284 g/mol. The van der Waals surface area contributed by atoms with Crippen molar-refractivity contribution in [1.29, 1.82) is 0 Å². The van der Waals surface area contributed by atoms with Gasteiger partial charge in [-0.05, 0) is 28.8 Å². The SMILES string of the molecule is CC(C)[Si](O[C@H](CO)c1ccco1)(C(C)C)C(C)C. The van der Waals surface area contributed by atoms with Crippen molar-refractivity contribution < 1.29 is 13.9 Å². The van der Waals surface area contributed by atoms with Crippen molar-refractivity contribution in [1.82, 2.24) is 0 Å². The van der Waals surface area contributed by atoms with Gasteiger partial charge in [0.25, 0.3) is 0 Å². The van der Waals surface area contributed by atoms with Crippen molar-refractivity contribution in [3.63, 3.8) is 0 Å². The van der Waals surface area contributed by atoms with E-state index < -0.39 is 8.32 Å². The summed E-state index contributed by atoms with van der Waals surface area (Å²) < 4.78 is 11.9. The highest BCUT2D eigenvalue weighted by Gasteiger charge is 2.47.